The molecule has 6 heteroatoms. The second kappa shape index (κ2) is 5.41. The quantitative estimate of drug-likeness (QED) is 0.752. The number of carbonyl (C=O) groups is 1. The number of benzene rings is 1. The van der Waals surface area contributed by atoms with Gasteiger partial charge in [0.2, 0.25) is 0 Å². The molecule has 2 aromatic rings. The molecule has 1 aromatic carbocycles. The van der Waals surface area contributed by atoms with Crippen molar-refractivity contribution in [3.8, 4) is 0 Å². The van der Waals surface area contributed by atoms with Crippen LogP contribution in [0.25, 0.3) is 0 Å². The van der Waals surface area contributed by atoms with Gasteiger partial charge in [0.25, 0.3) is 0 Å². The van der Waals surface area contributed by atoms with Gasteiger partial charge < -0.3 is 16.2 Å². The highest BCUT2D eigenvalue weighted by atomic mass is 79.9. The minimum atomic E-state index is -1.02. The summed E-state index contributed by atoms with van der Waals surface area (Å²) in [6.45, 7) is 0.615. The lowest BCUT2D eigenvalue weighted by Crippen LogP contribution is -2.07. The van der Waals surface area contributed by atoms with Crippen molar-refractivity contribution in [1.29, 1.82) is 0 Å². The number of para-hydroxylation sites is 1. The summed E-state index contributed by atoms with van der Waals surface area (Å²) < 4.78 is 1.06. The van der Waals surface area contributed by atoms with Gasteiger partial charge in [-0.25, -0.2) is 4.79 Å². The largest absolute Gasteiger partial charge is 0.478 e. The van der Waals surface area contributed by atoms with Crippen molar-refractivity contribution in [3.63, 3.8) is 0 Å². The molecule has 4 nitrogen and oxygen atoms in total. The van der Waals surface area contributed by atoms with Crippen LogP contribution in [0.4, 0.5) is 11.4 Å². The third kappa shape index (κ3) is 2.83. The highest BCUT2D eigenvalue weighted by Crippen LogP contribution is 2.26. The zero-order chi connectivity index (χ0) is 13.1. The van der Waals surface area contributed by atoms with Gasteiger partial charge in [0.05, 0.1) is 20.7 Å². The van der Waals surface area contributed by atoms with Gasteiger partial charge in [0.15, 0.2) is 0 Å². The Labute approximate surface area is 117 Å². The van der Waals surface area contributed by atoms with Crippen molar-refractivity contribution in [1.82, 2.24) is 0 Å². The molecular formula is C12H11BrN2O2S. The zero-order valence-electron chi connectivity index (χ0n) is 9.31. The van der Waals surface area contributed by atoms with Crippen LogP contribution in [-0.4, -0.2) is 11.1 Å². The number of nitrogens with one attached hydrogen (secondary N) is 1. The number of hydrogen-bond acceptors (Lipinski definition) is 4. The molecule has 4 N–H and O–H groups in total. The lowest BCUT2D eigenvalue weighted by atomic mass is 10.1. The number of carboxylic acid groups (broad SMARTS) is 1. The standard InChI is InChI=1S/C12H11BrN2O2S/c13-10-5-4-7(18-10)6-15-9-3-1-2-8(11(9)14)12(16)17/h1-5,15H,6,14H2,(H,16,17). The Kier molecular flexibility index (Phi) is 3.88. The molecule has 0 fully saturated rings. The number of nitrogens with two attached hydrogens (primary N) is 1. The third-order valence-electron chi connectivity index (χ3n) is 2.42. The summed E-state index contributed by atoms with van der Waals surface area (Å²) in [4.78, 5) is 12.1. The summed E-state index contributed by atoms with van der Waals surface area (Å²) in [5, 5.41) is 12.1. The van der Waals surface area contributed by atoms with Crippen molar-refractivity contribution in [2.24, 2.45) is 0 Å². The van der Waals surface area contributed by atoms with Crippen molar-refractivity contribution < 1.29 is 9.90 Å². The lowest BCUT2D eigenvalue weighted by Gasteiger charge is -2.10. The van der Waals surface area contributed by atoms with Crippen LogP contribution in [0.15, 0.2) is 34.1 Å². The van der Waals surface area contributed by atoms with Crippen molar-refractivity contribution >= 4 is 44.6 Å². The Balaban J connectivity index is 2.14. The van der Waals surface area contributed by atoms with Crippen molar-refractivity contribution in [2.75, 3.05) is 11.1 Å². The second-order valence-corrected chi connectivity index (χ2v) is 6.18. The average molecular weight is 327 g/mol. The fourth-order valence-corrected chi connectivity index (χ4v) is 2.96. The van der Waals surface area contributed by atoms with E-state index in [9.17, 15) is 4.79 Å². The second-order valence-electron chi connectivity index (χ2n) is 3.63. The van der Waals surface area contributed by atoms with Crippen LogP contribution < -0.4 is 11.1 Å². The molecular weight excluding hydrogens is 316 g/mol. The molecule has 0 saturated carbocycles. The van der Waals surface area contributed by atoms with E-state index >= 15 is 0 Å². The highest BCUT2D eigenvalue weighted by Gasteiger charge is 2.10. The number of halogens is 1. The Bertz CT molecular complexity index is 583. The van der Waals surface area contributed by atoms with Crippen LogP contribution in [0, 0.1) is 0 Å². The van der Waals surface area contributed by atoms with E-state index in [1.165, 1.54) is 6.07 Å². The van der Waals surface area contributed by atoms with E-state index in [2.05, 4.69) is 21.2 Å². The monoisotopic (exact) mass is 326 g/mol. The molecule has 1 heterocycles. The Morgan fingerprint density at radius 2 is 2.17 bits per heavy atom. The molecule has 0 atom stereocenters. The van der Waals surface area contributed by atoms with Crippen molar-refractivity contribution in [2.45, 2.75) is 6.54 Å². The van der Waals surface area contributed by atoms with E-state index < -0.39 is 5.97 Å². The first-order chi connectivity index (χ1) is 8.58. The molecule has 94 valence electrons. The number of nitrogen functional groups attached to an aromatic ring is 1. The van der Waals surface area contributed by atoms with Crippen molar-refractivity contribution in [3.05, 3.63) is 44.6 Å². The molecule has 0 amide bonds. The average Bonchev–Trinajstić information content (AvgIpc) is 2.73. The zero-order valence-corrected chi connectivity index (χ0v) is 11.7. The molecule has 1 aromatic heterocycles. The van der Waals surface area contributed by atoms with Crippen LogP contribution in [0.5, 0.6) is 0 Å². The first-order valence-electron chi connectivity index (χ1n) is 5.18. The minimum Gasteiger partial charge on any atom is -0.478 e. The molecule has 0 aliphatic heterocycles. The molecule has 2 rings (SSSR count). The molecule has 0 bridgehead atoms. The van der Waals surface area contributed by atoms with Gasteiger partial charge in [0.1, 0.15) is 0 Å². The number of rotatable bonds is 4. The van der Waals surface area contributed by atoms with Crippen LogP contribution in [0.3, 0.4) is 0 Å². The van der Waals surface area contributed by atoms with Crippen LogP contribution in [0.2, 0.25) is 0 Å². The summed E-state index contributed by atoms with van der Waals surface area (Å²) in [5.74, 6) is -1.02. The predicted molar refractivity (Wildman–Crippen MR) is 77.2 cm³/mol. The van der Waals surface area contributed by atoms with Gasteiger partial charge in [-0.2, -0.15) is 0 Å². The summed E-state index contributed by atoms with van der Waals surface area (Å²) in [6, 6.07) is 8.90. The number of aromatic carboxylic acids is 1. The van der Waals surface area contributed by atoms with E-state index in [0.29, 0.717) is 12.2 Å². The SMILES string of the molecule is Nc1c(NCc2ccc(Br)s2)cccc1C(=O)O. The van der Waals surface area contributed by atoms with Crippen LogP contribution in [0.1, 0.15) is 15.2 Å². The van der Waals surface area contributed by atoms with Gasteiger partial charge in [-0.3, -0.25) is 0 Å². The van der Waals surface area contributed by atoms with E-state index in [-0.39, 0.29) is 11.3 Å². The van der Waals surface area contributed by atoms with Gasteiger partial charge in [-0.15, -0.1) is 11.3 Å². The van der Waals surface area contributed by atoms with Crippen LogP contribution in [-0.2, 0) is 6.54 Å². The maximum absolute atomic E-state index is 10.9. The molecule has 0 radical (unpaired) electrons. The smallest absolute Gasteiger partial charge is 0.337 e. The van der Waals surface area contributed by atoms with E-state index in [4.69, 9.17) is 10.8 Å². The van der Waals surface area contributed by atoms with Gasteiger partial charge >= 0.3 is 5.97 Å². The number of anilines is 2. The number of hydrogen-bond donors (Lipinski definition) is 3. The molecule has 18 heavy (non-hydrogen) atoms. The number of thiophene rings is 1. The van der Waals surface area contributed by atoms with E-state index in [0.717, 1.165) is 8.66 Å². The Morgan fingerprint density at radius 3 is 2.78 bits per heavy atom. The maximum Gasteiger partial charge on any atom is 0.337 e. The summed E-state index contributed by atoms with van der Waals surface area (Å²) >= 11 is 5.01. The van der Waals surface area contributed by atoms with Gasteiger partial charge in [0, 0.05) is 11.4 Å². The van der Waals surface area contributed by atoms with E-state index in [1.807, 2.05) is 12.1 Å². The fraction of sp³-hybridized carbons (Fsp3) is 0.0833. The Hall–Kier alpha value is -1.53. The van der Waals surface area contributed by atoms with Gasteiger partial charge in [-0.1, -0.05) is 6.07 Å². The predicted octanol–water partition coefficient (Wildman–Crippen LogP) is 3.40. The highest BCUT2D eigenvalue weighted by molar-refractivity contribution is 9.11. The first kappa shape index (κ1) is 12.9. The molecule has 0 saturated heterocycles. The summed E-state index contributed by atoms with van der Waals surface area (Å²) in [6.07, 6.45) is 0. The topological polar surface area (TPSA) is 75.3 Å². The van der Waals surface area contributed by atoms with E-state index in [1.54, 1.807) is 23.5 Å². The summed E-state index contributed by atoms with van der Waals surface area (Å²) in [7, 11) is 0. The fourth-order valence-electron chi connectivity index (χ4n) is 1.53. The third-order valence-corrected chi connectivity index (χ3v) is 4.04. The molecule has 0 aliphatic carbocycles. The Morgan fingerprint density at radius 1 is 1.39 bits per heavy atom. The maximum atomic E-state index is 10.9. The lowest BCUT2D eigenvalue weighted by molar-refractivity contribution is 0.0698. The normalized spacial score (nSPS) is 10.3. The van der Waals surface area contributed by atoms with Crippen LogP contribution >= 0.6 is 27.3 Å². The molecule has 0 aliphatic rings. The van der Waals surface area contributed by atoms with Gasteiger partial charge in [-0.05, 0) is 40.2 Å². The minimum absolute atomic E-state index is 0.118. The summed E-state index contributed by atoms with van der Waals surface area (Å²) in [5.41, 5.74) is 6.83. The number of carboxylic acids is 1. The molecule has 0 spiro atoms. The first-order valence-corrected chi connectivity index (χ1v) is 6.78. The molecule has 0 unspecified atom stereocenters.